The summed E-state index contributed by atoms with van der Waals surface area (Å²) in [5, 5.41) is 21.4. The Morgan fingerprint density at radius 1 is 1.00 bits per heavy atom. The number of nitro groups is 1. The van der Waals surface area contributed by atoms with Crippen molar-refractivity contribution in [1.82, 2.24) is 4.90 Å². The third-order valence-electron chi connectivity index (χ3n) is 5.41. The second kappa shape index (κ2) is 9.32. The van der Waals surface area contributed by atoms with Crippen LogP contribution in [0.15, 0.2) is 76.5 Å². The molecule has 0 spiro atoms. The van der Waals surface area contributed by atoms with E-state index in [1.807, 2.05) is 37.3 Å². The Bertz CT molecular complexity index is 1140. The van der Waals surface area contributed by atoms with Gasteiger partial charge in [0.15, 0.2) is 0 Å². The maximum absolute atomic E-state index is 13.0. The van der Waals surface area contributed by atoms with E-state index in [1.54, 1.807) is 35.2 Å². The SMILES string of the molecule is Cc1ccc(Sc2ccc(C(=O)N3CCN(c4cccc(O)c4)CC3)cc2[N+](=O)[O-])cc1. The van der Waals surface area contributed by atoms with Crippen LogP contribution in [0.1, 0.15) is 15.9 Å². The standard InChI is InChI=1S/C24H23N3O4S/c1-17-5-8-21(9-6-17)32-23-10-7-18(15-22(23)27(30)31)24(29)26-13-11-25(12-14-26)19-3-2-4-20(28)16-19/h2-10,15-16,28H,11-14H2,1H3. The summed E-state index contributed by atoms with van der Waals surface area (Å²) in [6.45, 7) is 4.24. The first-order valence-corrected chi connectivity index (χ1v) is 11.1. The molecule has 0 atom stereocenters. The van der Waals surface area contributed by atoms with Crippen molar-refractivity contribution in [1.29, 1.82) is 0 Å². The minimum atomic E-state index is -0.437. The molecule has 164 valence electrons. The van der Waals surface area contributed by atoms with Gasteiger partial charge in [0, 0.05) is 54.5 Å². The molecule has 1 N–H and O–H groups in total. The first kappa shape index (κ1) is 21.7. The largest absolute Gasteiger partial charge is 0.508 e. The summed E-state index contributed by atoms with van der Waals surface area (Å²) in [4.78, 5) is 29.5. The molecule has 1 amide bonds. The number of piperazine rings is 1. The number of nitro benzene ring substituents is 1. The van der Waals surface area contributed by atoms with Gasteiger partial charge in [0.05, 0.1) is 9.82 Å². The number of benzene rings is 3. The predicted octanol–water partition coefficient (Wildman–Crippen LogP) is 4.72. The number of nitrogens with zero attached hydrogens (tertiary/aromatic N) is 3. The van der Waals surface area contributed by atoms with Gasteiger partial charge >= 0.3 is 0 Å². The number of aromatic hydroxyl groups is 1. The van der Waals surface area contributed by atoms with Crippen LogP contribution in [0.3, 0.4) is 0 Å². The Morgan fingerprint density at radius 2 is 1.72 bits per heavy atom. The fourth-order valence-corrected chi connectivity index (χ4v) is 4.55. The first-order chi connectivity index (χ1) is 15.4. The van der Waals surface area contributed by atoms with E-state index in [1.165, 1.54) is 17.8 Å². The second-order valence-corrected chi connectivity index (χ2v) is 8.77. The lowest BCUT2D eigenvalue weighted by Crippen LogP contribution is -2.48. The van der Waals surface area contributed by atoms with E-state index >= 15 is 0 Å². The maximum Gasteiger partial charge on any atom is 0.284 e. The molecule has 0 radical (unpaired) electrons. The van der Waals surface area contributed by atoms with Crippen molar-refractivity contribution >= 4 is 29.0 Å². The van der Waals surface area contributed by atoms with Gasteiger partial charge < -0.3 is 14.9 Å². The van der Waals surface area contributed by atoms with Crippen LogP contribution in [0, 0.1) is 17.0 Å². The summed E-state index contributed by atoms with van der Waals surface area (Å²) in [6, 6.07) is 19.5. The van der Waals surface area contributed by atoms with Crippen molar-refractivity contribution in [3.8, 4) is 5.75 Å². The number of carbonyl (C=O) groups excluding carboxylic acids is 1. The first-order valence-electron chi connectivity index (χ1n) is 10.3. The molecule has 1 saturated heterocycles. The molecule has 8 heteroatoms. The van der Waals surface area contributed by atoms with Gasteiger partial charge in [0.2, 0.25) is 0 Å². The van der Waals surface area contributed by atoms with E-state index in [4.69, 9.17) is 0 Å². The van der Waals surface area contributed by atoms with Crippen LogP contribution in [-0.4, -0.2) is 47.0 Å². The van der Waals surface area contributed by atoms with E-state index in [0.717, 1.165) is 16.1 Å². The van der Waals surface area contributed by atoms with Gasteiger partial charge in [0.1, 0.15) is 5.75 Å². The molecule has 7 nitrogen and oxygen atoms in total. The predicted molar refractivity (Wildman–Crippen MR) is 125 cm³/mol. The van der Waals surface area contributed by atoms with Crippen molar-refractivity contribution < 1.29 is 14.8 Å². The molecular formula is C24H23N3O4S. The highest BCUT2D eigenvalue weighted by atomic mass is 32.2. The zero-order valence-electron chi connectivity index (χ0n) is 17.6. The minimum Gasteiger partial charge on any atom is -0.508 e. The molecule has 1 heterocycles. The van der Waals surface area contributed by atoms with Crippen LogP contribution in [-0.2, 0) is 0 Å². The highest BCUT2D eigenvalue weighted by Crippen LogP contribution is 2.35. The number of rotatable bonds is 5. The van der Waals surface area contributed by atoms with E-state index in [0.29, 0.717) is 36.6 Å². The molecule has 1 aliphatic rings. The normalized spacial score (nSPS) is 13.8. The van der Waals surface area contributed by atoms with Crippen LogP contribution in [0.2, 0.25) is 0 Å². The maximum atomic E-state index is 13.0. The summed E-state index contributed by atoms with van der Waals surface area (Å²) in [6.07, 6.45) is 0. The number of anilines is 1. The fourth-order valence-electron chi connectivity index (χ4n) is 3.65. The number of phenolic OH excluding ortho intramolecular Hbond substituents is 1. The van der Waals surface area contributed by atoms with Gasteiger partial charge in [-0.15, -0.1) is 0 Å². The number of carbonyl (C=O) groups is 1. The highest BCUT2D eigenvalue weighted by Gasteiger charge is 2.25. The zero-order chi connectivity index (χ0) is 22.7. The summed E-state index contributed by atoms with van der Waals surface area (Å²) in [5.74, 6) is -0.00698. The number of aryl methyl sites for hydroxylation is 1. The lowest BCUT2D eigenvalue weighted by atomic mass is 10.1. The highest BCUT2D eigenvalue weighted by molar-refractivity contribution is 7.99. The second-order valence-electron chi connectivity index (χ2n) is 7.65. The molecule has 0 aliphatic carbocycles. The van der Waals surface area contributed by atoms with Crippen LogP contribution in [0.25, 0.3) is 0 Å². The van der Waals surface area contributed by atoms with Crippen molar-refractivity contribution in [2.24, 2.45) is 0 Å². The zero-order valence-corrected chi connectivity index (χ0v) is 18.4. The molecule has 0 aromatic heterocycles. The van der Waals surface area contributed by atoms with Crippen LogP contribution in [0.4, 0.5) is 11.4 Å². The van der Waals surface area contributed by atoms with Crippen LogP contribution in [0.5, 0.6) is 5.75 Å². The summed E-state index contributed by atoms with van der Waals surface area (Å²) < 4.78 is 0. The van der Waals surface area contributed by atoms with Crippen molar-refractivity contribution in [2.45, 2.75) is 16.7 Å². The average Bonchev–Trinajstić information content (AvgIpc) is 2.80. The lowest BCUT2D eigenvalue weighted by Gasteiger charge is -2.36. The smallest absolute Gasteiger partial charge is 0.284 e. The van der Waals surface area contributed by atoms with E-state index in [2.05, 4.69) is 4.90 Å². The Labute approximate surface area is 190 Å². The van der Waals surface area contributed by atoms with Gasteiger partial charge in [-0.2, -0.15) is 0 Å². The molecule has 32 heavy (non-hydrogen) atoms. The van der Waals surface area contributed by atoms with Gasteiger partial charge in [0.25, 0.3) is 11.6 Å². The third kappa shape index (κ3) is 4.86. The molecule has 3 aromatic carbocycles. The molecule has 1 fully saturated rings. The quantitative estimate of drug-likeness (QED) is 0.448. The number of hydrogen-bond acceptors (Lipinski definition) is 6. The van der Waals surface area contributed by atoms with Crippen molar-refractivity contribution in [3.05, 3.63) is 88.0 Å². The molecule has 3 aromatic rings. The minimum absolute atomic E-state index is 0.0696. The molecular weight excluding hydrogens is 426 g/mol. The van der Waals surface area contributed by atoms with Crippen LogP contribution >= 0.6 is 11.8 Å². The van der Waals surface area contributed by atoms with Gasteiger partial charge in [-0.1, -0.05) is 35.5 Å². The lowest BCUT2D eigenvalue weighted by molar-refractivity contribution is -0.387. The van der Waals surface area contributed by atoms with Crippen molar-refractivity contribution in [3.63, 3.8) is 0 Å². The molecule has 0 saturated carbocycles. The Kier molecular flexibility index (Phi) is 6.32. The van der Waals surface area contributed by atoms with Crippen molar-refractivity contribution in [2.75, 3.05) is 31.1 Å². The number of phenols is 1. The molecule has 4 rings (SSSR count). The molecule has 0 unspecified atom stereocenters. The Morgan fingerprint density at radius 3 is 2.38 bits per heavy atom. The average molecular weight is 450 g/mol. The topological polar surface area (TPSA) is 86.9 Å². The van der Waals surface area contributed by atoms with Gasteiger partial charge in [-0.3, -0.25) is 14.9 Å². The van der Waals surface area contributed by atoms with E-state index in [9.17, 15) is 20.0 Å². The number of hydrogen-bond donors (Lipinski definition) is 1. The number of amides is 1. The monoisotopic (exact) mass is 449 g/mol. The van der Waals surface area contributed by atoms with E-state index in [-0.39, 0.29) is 17.3 Å². The fraction of sp³-hybridized carbons (Fsp3) is 0.208. The third-order valence-corrected chi connectivity index (χ3v) is 6.49. The summed E-state index contributed by atoms with van der Waals surface area (Å²) in [7, 11) is 0. The Hall–Kier alpha value is -3.52. The molecule has 1 aliphatic heterocycles. The van der Waals surface area contributed by atoms with Gasteiger partial charge in [-0.25, -0.2) is 0 Å². The molecule has 0 bridgehead atoms. The summed E-state index contributed by atoms with van der Waals surface area (Å²) >= 11 is 1.31. The summed E-state index contributed by atoms with van der Waals surface area (Å²) in [5.41, 5.74) is 2.27. The van der Waals surface area contributed by atoms with Crippen LogP contribution < -0.4 is 4.90 Å². The van der Waals surface area contributed by atoms with E-state index < -0.39 is 4.92 Å². The van der Waals surface area contributed by atoms with Gasteiger partial charge in [-0.05, 0) is 43.3 Å². The Balaban J connectivity index is 1.47.